The molecule has 1 N–H and O–H groups in total. The van der Waals surface area contributed by atoms with Gasteiger partial charge in [0.1, 0.15) is 11.5 Å². The number of ether oxygens (including phenoxy) is 1. The molecule has 2 aromatic carbocycles. The van der Waals surface area contributed by atoms with Crippen LogP contribution in [0.4, 0.5) is 0 Å². The normalized spacial score (nSPS) is 13.1. The van der Waals surface area contributed by atoms with E-state index in [0.29, 0.717) is 17.9 Å². The van der Waals surface area contributed by atoms with Crippen LogP contribution in [0.2, 0.25) is 0 Å². The Labute approximate surface area is 105 Å². The second-order valence-corrected chi connectivity index (χ2v) is 4.42. The Hall–Kier alpha value is -2.29. The number of carbonyl (C=O) groups excluding carboxylic acids is 1. The summed E-state index contributed by atoms with van der Waals surface area (Å²) in [4.78, 5) is 11.5. The van der Waals surface area contributed by atoms with Gasteiger partial charge in [-0.25, -0.2) is 0 Å². The minimum absolute atomic E-state index is 0.0284. The molecule has 1 amide bonds. The first kappa shape index (κ1) is 10.8. The predicted molar refractivity (Wildman–Crippen MR) is 68.9 cm³/mol. The van der Waals surface area contributed by atoms with Crippen molar-refractivity contribution in [3.8, 4) is 11.5 Å². The van der Waals surface area contributed by atoms with E-state index in [-0.39, 0.29) is 5.91 Å². The van der Waals surface area contributed by atoms with Gasteiger partial charge < -0.3 is 10.1 Å². The third-order valence-corrected chi connectivity index (χ3v) is 3.02. The highest BCUT2D eigenvalue weighted by molar-refractivity contribution is 5.98. The lowest BCUT2D eigenvalue weighted by atomic mass is 10.1. The van der Waals surface area contributed by atoms with Gasteiger partial charge in [0.15, 0.2) is 0 Å². The topological polar surface area (TPSA) is 38.3 Å². The summed E-state index contributed by atoms with van der Waals surface area (Å²) in [5.74, 6) is 1.44. The molecule has 3 rings (SSSR count). The SMILES string of the molecule is Cc1ccc(Oc2ccc3c(c2)C(=O)NC3)cc1. The van der Waals surface area contributed by atoms with Crippen LogP contribution < -0.4 is 10.1 Å². The molecule has 3 heteroatoms. The number of benzene rings is 2. The zero-order valence-electron chi connectivity index (χ0n) is 10.1. The number of amides is 1. The molecule has 0 fully saturated rings. The van der Waals surface area contributed by atoms with Crippen LogP contribution in [-0.2, 0) is 6.54 Å². The standard InChI is InChI=1S/C15H13NO2/c1-10-2-5-12(6-3-10)18-13-7-4-11-9-16-15(17)14(11)8-13/h2-8H,9H2,1H3,(H,16,17). The van der Waals surface area contributed by atoms with Crippen molar-refractivity contribution in [1.82, 2.24) is 5.32 Å². The fourth-order valence-electron chi connectivity index (χ4n) is 2.00. The molecule has 90 valence electrons. The van der Waals surface area contributed by atoms with Gasteiger partial charge >= 0.3 is 0 Å². The average molecular weight is 239 g/mol. The highest BCUT2D eigenvalue weighted by atomic mass is 16.5. The molecule has 1 aliphatic rings. The number of aryl methyl sites for hydroxylation is 1. The molecule has 0 spiro atoms. The molecule has 1 aliphatic heterocycles. The molecule has 3 nitrogen and oxygen atoms in total. The highest BCUT2D eigenvalue weighted by Crippen LogP contribution is 2.26. The molecule has 0 bridgehead atoms. The second kappa shape index (κ2) is 4.18. The fourth-order valence-corrected chi connectivity index (χ4v) is 2.00. The summed E-state index contributed by atoms with van der Waals surface area (Å²) in [6.07, 6.45) is 0. The summed E-state index contributed by atoms with van der Waals surface area (Å²) in [7, 11) is 0. The zero-order valence-corrected chi connectivity index (χ0v) is 10.1. The van der Waals surface area contributed by atoms with Gasteiger partial charge in [-0.05, 0) is 36.8 Å². The first-order valence-corrected chi connectivity index (χ1v) is 5.88. The molecule has 18 heavy (non-hydrogen) atoms. The monoisotopic (exact) mass is 239 g/mol. The van der Waals surface area contributed by atoms with E-state index >= 15 is 0 Å². The lowest BCUT2D eigenvalue weighted by Gasteiger charge is -2.07. The minimum Gasteiger partial charge on any atom is -0.457 e. The van der Waals surface area contributed by atoms with E-state index in [1.807, 2.05) is 43.3 Å². The number of nitrogens with one attached hydrogen (secondary N) is 1. The Bertz CT molecular complexity index is 602. The Morgan fingerprint density at radius 1 is 1.06 bits per heavy atom. The maximum Gasteiger partial charge on any atom is 0.252 e. The Balaban J connectivity index is 1.87. The summed E-state index contributed by atoms with van der Waals surface area (Å²) in [6, 6.07) is 13.4. The lowest BCUT2D eigenvalue weighted by molar-refractivity contribution is 0.0965. The molecule has 0 unspecified atom stereocenters. The van der Waals surface area contributed by atoms with Gasteiger partial charge in [0.25, 0.3) is 5.91 Å². The zero-order chi connectivity index (χ0) is 12.5. The van der Waals surface area contributed by atoms with Crippen molar-refractivity contribution in [2.45, 2.75) is 13.5 Å². The van der Waals surface area contributed by atoms with Crippen LogP contribution in [0.15, 0.2) is 42.5 Å². The Morgan fingerprint density at radius 3 is 2.56 bits per heavy atom. The van der Waals surface area contributed by atoms with Crippen molar-refractivity contribution in [3.05, 3.63) is 59.2 Å². The van der Waals surface area contributed by atoms with Gasteiger partial charge in [0, 0.05) is 12.1 Å². The number of hydrogen-bond acceptors (Lipinski definition) is 2. The molecule has 0 saturated heterocycles. The quantitative estimate of drug-likeness (QED) is 0.874. The van der Waals surface area contributed by atoms with Crippen molar-refractivity contribution >= 4 is 5.91 Å². The summed E-state index contributed by atoms with van der Waals surface area (Å²) in [5, 5.41) is 2.79. The number of fused-ring (bicyclic) bond motifs is 1. The third-order valence-electron chi connectivity index (χ3n) is 3.02. The number of hydrogen-bond donors (Lipinski definition) is 1. The van der Waals surface area contributed by atoms with Crippen molar-refractivity contribution in [1.29, 1.82) is 0 Å². The smallest absolute Gasteiger partial charge is 0.252 e. The number of carbonyl (C=O) groups is 1. The van der Waals surface area contributed by atoms with Gasteiger partial charge in [-0.1, -0.05) is 23.8 Å². The van der Waals surface area contributed by atoms with Crippen LogP contribution in [0.1, 0.15) is 21.5 Å². The Morgan fingerprint density at radius 2 is 1.78 bits per heavy atom. The van der Waals surface area contributed by atoms with Crippen LogP contribution >= 0.6 is 0 Å². The van der Waals surface area contributed by atoms with Gasteiger partial charge in [0.2, 0.25) is 0 Å². The van der Waals surface area contributed by atoms with Crippen molar-refractivity contribution in [2.75, 3.05) is 0 Å². The molecule has 0 radical (unpaired) electrons. The highest BCUT2D eigenvalue weighted by Gasteiger charge is 2.19. The molecular formula is C15H13NO2. The largest absolute Gasteiger partial charge is 0.457 e. The first-order chi connectivity index (χ1) is 8.72. The van der Waals surface area contributed by atoms with Gasteiger partial charge in [-0.2, -0.15) is 0 Å². The molecular weight excluding hydrogens is 226 g/mol. The third kappa shape index (κ3) is 1.95. The van der Waals surface area contributed by atoms with Gasteiger partial charge in [-0.3, -0.25) is 4.79 Å². The summed E-state index contributed by atoms with van der Waals surface area (Å²) >= 11 is 0. The van der Waals surface area contributed by atoms with Crippen LogP contribution in [0, 0.1) is 6.92 Å². The summed E-state index contributed by atoms with van der Waals surface area (Å²) in [5.41, 5.74) is 2.92. The average Bonchev–Trinajstić information content (AvgIpc) is 2.74. The molecule has 0 aliphatic carbocycles. The summed E-state index contributed by atoms with van der Waals surface area (Å²) in [6.45, 7) is 2.64. The van der Waals surface area contributed by atoms with Crippen LogP contribution in [0.25, 0.3) is 0 Å². The van der Waals surface area contributed by atoms with Crippen molar-refractivity contribution < 1.29 is 9.53 Å². The first-order valence-electron chi connectivity index (χ1n) is 5.88. The lowest BCUT2D eigenvalue weighted by Crippen LogP contribution is -2.12. The van der Waals surface area contributed by atoms with Crippen LogP contribution in [-0.4, -0.2) is 5.91 Å². The fraction of sp³-hybridized carbons (Fsp3) is 0.133. The summed E-state index contributed by atoms with van der Waals surface area (Å²) < 4.78 is 5.73. The molecule has 1 heterocycles. The van der Waals surface area contributed by atoms with E-state index < -0.39 is 0 Å². The van der Waals surface area contributed by atoms with E-state index in [0.717, 1.165) is 11.3 Å². The molecule has 0 saturated carbocycles. The maximum absolute atomic E-state index is 11.5. The molecule has 0 aromatic heterocycles. The molecule has 2 aromatic rings. The van der Waals surface area contributed by atoms with Crippen molar-refractivity contribution in [2.24, 2.45) is 0 Å². The Kier molecular flexibility index (Phi) is 2.52. The van der Waals surface area contributed by atoms with Crippen LogP contribution in [0.3, 0.4) is 0 Å². The second-order valence-electron chi connectivity index (χ2n) is 4.42. The molecule has 0 atom stereocenters. The van der Waals surface area contributed by atoms with Gasteiger partial charge in [0.05, 0.1) is 0 Å². The number of rotatable bonds is 2. The minimum atomic E-state index is -0.0284. The predicted octanol–water partition coefficient (Wildman–Crippen LogP) is 3.03. The van der Waals surface area contributed by atoms with E-state index in [4.69, 9.17) is 4.74 Å². The van der Waals surface area contributed by atoms with Crippen LogP contribution in [0.5, 0.6) is 11.5 Å². The van der Waals surface area contributed by atoms with E-state index in [1.165, 1.54) is 5.56 Å². The van der Waals surface area contributed by atoms with Crippen molar-refractivity contribution in [3.63, 3.8) is 0 Å². The van der Waals surface area contributed by atoms with E-state index in [9.17, 15) is 4.79 Å². The van der Waals surface area contributed by atoms with E-state index in [1.54, 1.807) is 6.07 Å². The maximum atomic E-state index is 11.5. The van der Waals surface area contributed by atoms with Gasteiger partial charge in [-0.15, -0.1) is 0 Å². The van der Waals surface area contributed by atoms with E-state index in [2.05, 4.69) is 5.32 Å².